The highest BCUT2D eigenvalue weighted by Gasteiger charge is 2.49. The second-order valence-electron chi connectivity index (χ2n) is 8.60. The molecule has 2 aliphatic heterocycles. The quantitative estimate of drug-likeness (QED) is 0.456. The molecule has 0 aromatic heterocycles. The van der Waals surface area contributed by atoms with Crippen molar-refractivity contribution in [2.24, 2.45) is 0 Å². The van der Waals surface area contributed by atoms with Gasteiger partial charge >= 0.3 is 6.03 Å². The molecular formula is C26H22BrF2N3O3. The first-order valence-corrected chi connectivity index (χ1v) is 12.0. The van der Waals surface area contributed by atoms with Gasteiger partial charge in [0.2, 0.25) is 0 Å². The first kappa shape index (κ1) is 23.3. The molecule has 35 heavy (non-hydrogen) atoms. The number of carbonyl (C=O) groups is 2. The van der Waals surface area contributed by atoms with E-state index < -0.39 is 17.6 Å². The number of ether oxygens (including phenoxy) is 1. The minimum Gasteiger partial charge on any atom is -0.467 e. The van der Waals surface area contributed by atoms with Crippen molar-refractivity contribution in [2.45, 2.75) is 25.1 Å². The normalized spacial score (nSPS) is 16.6. The summed E-state index contributed by atoms with van der Waals surface area (Å²) < 4.78 is 34.6. The molecule has 0 radical (unpaired) electrons. The smallest absolute Gasteiger partial charge is 0.321 e. The maximum Gasteiger partial charge on any atom is 0.321 e. The van der Waals surface area contributed by atoms with Gasteiger partial charge in [0.05, 0.1) is 11.3 Å². The van der Waals surface area contributed by atoms with Crippen molar-refractivity contribution in [1.29, 1.82) is 0 Å². The Morgan fingerprint density at radius 1 is 1.03 bits per heavy atom. The highest BCUT2D eigenvalue weighted by molar-refractivity contribution is 9.10. The van der Waals surface area contributed by atoms with Crippen LogP contribution in [0.5, 0.6) is 5.75 Å². The fourth-order valence-corrected chi connectivity index (χ4v) is 4.86. The van der Waals surface area contributed by atoms with Gasteiger partial charge in [-0.3, -0.25) is 9.69 Å². The topological polar surface area (TPSA) is 61.9 Å². The molecule has 0 atom stereocenters. The zero-order valence-corrected chi connectivity index (χ0v) is 20.2. The number of nitrogens with zero attached hydrogens (tertiary/aromatic N) is 2. The second-order valence-corrected chi connectivity index (χ2v) is 9.52. The molecule has 0 aliphatic carbocycles. The van der Waals surface area contributed by atoms with E-state index in [0.29, 0.717) is 41.7 Å². The van der Waals surface area contributed by atoms with Crippen LogP contribution in [0.4, 0.5) is 19.3 Å². The largest absolute Gasteiger partial charge is 0.467 e. The Balaban J connectivity index is 1.36. The van der Waals surface area contributed by atoms with E-state index in [0.717, 1.165) is 5.56 Å². The van der Waals surface area contributed by atoms with E-state index in [-0.39, 0.29) is 24.0 Å². The number of amides is 3. The molecule has 0 bridgehead atoms. The summed E-state index contributed by atoms with van der Waals surface area (Å²) in [5, 5.41) is 2.61. The Hall–Kier alpha value is -3.46. The first-order chi connectivity index (χ1) is 16.8. The van der Waals surface area contributed by atoms with Crippen molar-refractivity contribution in [2.75, 3.05) is 18.4 Å². The number of hydrogen-bond donors (Lipinski definition) is 1. The lowest BCUT2D eigenvalue weighted by Gasteiger charge is -2.50. The van der Waals surface area contributed by atoms with Crippen molar-refractivity contribution in [3.63, 3.8) is 0 Å². The number of fused-ring (bicyclic) bond motifs is 1. The van der Waals surface area contributed by atoms with Gasteiger partial charge in [-0.05, 0) is 48.0 Å². The van der Waals surface area contributed by atoms with Crippen LogP contribution in [0, 0.1) is 11.6 Å². The minimum absolute atomic E-state index is 0.0921. The van der Waals surface area contributed by atoms with E-state index in [2.05, 4.69) is 21.2 Å². The summed E-state index contributed by atoms with van der Waals surface area (Å²) >= 11 is 3.20. The molecule has 3 amide bonds. The van der Waals surface area contributed by atoms with Crippen LogP contribution in [-0.2, 0) is 6.54 Å². The zero-order chi connectivity index (χ0) is 24.6. The summed E-state index contributed by atoms with van der Waals surface area (Å²) in [4.78, 5) is 29.6. The van der Waals surface area contributed by atoms with Gasteiger partial charge in [0, 0.05) is 36.9 Å². The SMILES string of the molecule is O=C(Nc1ccc(Br)cc1F)N1CCC2(CC1)Oc1ccccc1C(=O)N2Cc1ccc(F)cc1. The van der Waals surface area contributed by atoms with Crippen LogP contribution in [-0.4, -0.2) is 40.6 Å². The monoisotopic (exact) mass is 541 g/mol. The molecule has 180 valence electrons. The highest BCUT2D eigenvalue weighted by Crippen LogP contribution is 2.40. The van der Waals surface area contributed by atoms with E-state index in [1.54, 1.807) is 46.2 Å². The Morgan fingerprint density at radius 2 is 1.74 bits per heavy atom. The number of benzene rings is 3. The van der Waals surface area contributed by atoms with E-state index >= 15 is 0 Å². The Labute approximate surface area is 209 Å². The molecule has 1 saturated heterocycles. The average Bonchev–Trinajstić information content (AvgIpc) is 2.85. The van der Waals surface area contributed by atoms with Crippen molar-refractivity contribution in [3.05, 3.63) is 94.0 Å². The summed E-state index contributed by atoms with van der Waals surface area (Å²) in [6.45, 7) is 0.850. The number of likely N-dealkylation sites (tertiary alicyclic amines) is 1. The maximum absolute atomic E-state index is 14.2. The van der Waals surface area contributed by atoms with E-state index in [1.165, 1.54) is 24.3 Å². The molecule has 1 N–H and O–H groups in total. The number of urea groups is 1. The number of carbonyl (C=O) groups excluding carboxylic acids is 2. The van der Waals surface area contributed by atoms with Crippen LogP contribution in [0.2, 0.25) is 0 Å². The minimum atomic E-state index is -0.959. The molecule has 1 fully saturated rings. The number of para-hydroxylation sites is 1. The number of nitrogens with one attached hydrogen (secondary N) is 1. The lowest BCUT2D eigenvalue weighted by Crippen LogP contribution is -2.63. The number of anilines is 1. The average molecular weight is 542 g/mol. The van der Waals surface area contributed by atoms with Crippen LogP contribution < -0.4 is 10.1 Å². The predicted octanol–water partition coefficient (Wildman–Crippen LogP) is 5.79. The van der Waals surface area contributed by atoms with Gasteiger partial charge in [-0.15, -0.1) is 0 Å². The lowest BCUT2D eigenvalue weighted by atomic mass is 9.93. The molecule has 2 aliphatic rings. The summed E-state index contributed by atoms with van der Waals surface area (Å²) in [7, 11) is 0. The van der Waals surface area contributed by atoms with Crippen molar-refractivity contribution in [3.8, 4) is 5.75 Å². The number of piperidine rings is 1. The molecule has 0 saturated carbocycles. The fourth-order valence-electron chi connectivity index (χ4n) is 4.53. The van der Waals surface area contributed by atoms with Gasteiger partial charge in [-0.25, -0.2) is 13.6 Å². The van der Waals surface area contributed by atoms with Gasteiger partial charge in [0.15, 0.2) is 5.72 Å². The van der Waals surface area contributed by atoms with Crippen LogP contribution in [0.25, 0.3) is 0 Å². The summed E-state index contributed by atoms with van der Waals surface area (Å²) in [6, 6.07) is 17.1. The summed E-state index contributed by atoms with van der Waals surface area (Å²) in [6.07, 6.45) is 0.731. The van der Waals surface area contributed by atoms with Crippen molar-refractivity contribution in [1.82, 2.24) is 9.80 Å². The molecule has 9 heteroatoms. The molecule has 6 nitrogen and oxygen atoms in total. The van der Waals surface area contributed by atoms with Crippen molar-refractivity contribution >= 4 is 33.6 Å². The predicted molar refractivity (Wildman–Crippen MR) is 130 cm³/mol. The number of halogens is 3. The van der Waals surface area contributed by atoms with E-state index in [9.17, 15) is 18.4 Å². The van der Waals surface area contributed by atoms with E-state index in [1.807, 2.05) is 6.07 Å². The van der Waals surface area contributed by atoms with Gasteiger partial charge in [0.1, 0.15) is 17.4 Å². The molecule has 1 spiro atoms. The van der Waals surface area contributed by atoms with Gasteiger partial charge in [-0.1, -0.05) is 40.2 Å². The third kappa shape index (κ3) is 4.60. The zero-order valence-electron chi connectivity index (χ0n) is 18.6. The standard InChI is InChI=1S/C26H22BrF2N3O3/c27-18-7-10-22(21(29)15-18)30-25(34)31-13-11-26(12-14-31)32(16-17-5-8-19(28)9-6-17)24(33)20-3-1-2-4-23(20)35-26/h1-10,15H,11-14,16H2,(H,30,34). The van der Waals surface area contributed by atoms with Crippen molar-refractivity contribution < 1.29 is 23.1 Å². The summed E-state index contributed by atoms with van der Waals surface area (Å²) in [5.74, 6) is -0.560. The molecule has 2 heterocycles. The molecule has 3 aromatic carbocycles. The molecule has 3 aromatic rings. The van der Waals surface area contributed by atoms with Gasteiger partial charge < -0.3 is 15.0 Å². The second kappa shape index (κ2) is 9.30. The third-order valence-electron chi connectivity index (χ3n) is 6.41. The van der Waals surface area contributed by atoms with Crippen LogP contribution in [0.15, 0.2) is 71.2 Å². The van der Waals surface area contributed by atoms with Gasteiger partial charge in [0.25, 0.3) is 5.91 Å². The van der Waals surface area contributed by atoms with Gasteiger partial charge in [-0.2, -0.15) is 0 Å². The Kier molecular flexibility index (Phi) is 6.19. The van der Waals surface area contributed by atoms with Crippen LogP contribution >= 0.6 is 15.9 Å². The summed E-state index contributed by atoms with van der Waals surface area (Å²) in [5.41, 5.74) is 0.369. The highest BCUT2D eigenvalue weighted by atomic mass is 79.9. The Morgan fingerprint density at radius 3 is 2.46 bits per heavy atom. The lowest BCUT2D eigenvalue weighted by molar-refractivity contribution is -0.109. The van der Waals surface area contributed by atoms with E-state index in [4.69, 9.17) is 4.74 Å². The van der Waals surface area contributed by atoms with Crippen LogP contribution in [0.1, 0.15) is 28.8 Å². The molecule has 5 rings (SSSR count). The number of hydrogen-bond acceptors (Lipinski definition) is 3. The number of rotatable bonds is 3. The first-order valence-electron chi connectivity index (χ1n) is 11.2. The molecular weight excluding hydrogens is 520 g/mol. The van der Waals surface area contributed by atoms with Crippen LogP contribution in [0.3, 0.4) is 0 Å². The third-order valence-corrected chi connectivity index (χ3v) is 6.91. The maximum atomic E-state index is 14.2. The Bertz CT molecular complexity index is 1280. The fraction of sp³-hybridized carbons (Fsp3) is 0.231. The molecule has 0 unspecified atom stereocenters.